The first kappa shape index (κ1) is 16.6. The van der Waals surface area contributed by atoms with Crippen molar-refractivity contribution in [2.45, 2.75) is 37.4 Å². The molecule has 0 spiro atoms. The van der Waals surface area contributed by atoms with E-state index in [1.807, 2.05) is 29.7 Å². The Morgan fingerprint density at radius 3 is 2.91 bits per heavy atom. The first-order valence-electron chi connectivity index (χ1n) is 7.00. The second-order valence-corrected chi connectivity index (χ2v) is 6.36. The summed E-state index contributed by atoms with van der Waals surface area (Å²) in [6, 6.07) is 8.18. The molecule has 22 heavy (non-hydrogen) atoms. The average Bonchev–Trinajstić information content (AvgIpc) is 2.88. The van der Waals surface area contributed by atoms with Gasteiger partial charge < -0.3 is 14.4 Å². The quantitative estimate of drug-likeness (QED) is 0.654. The summed E-state index contributed by atoms with van der Waals surface area (Å²) in [5.41, 5.74) is 3.03. The van der Waals surface area contributed by atoms with E-state index in [0.29, 0.717) is 11.7 Å². The van der Waals surface area contributed by atoms with Crippen molar-refractivity contribution in [1.29, 1.82) is 0 Å². The summed E-state index contributed by atoms with van der Waals surface area (Å²) in [6.45, 7) is 4.33. The van der Waals surface area contributed by atoms with E-state index in [9.17, 15) is 9.90 Å². The number of hydrogen-bond donors (Lipinski definition) is 1. The number of carbonyl (C=O) groups is 1. The molecule has 1 aromatic heterocycles. The van der Waals surface area contributed by atoms with E-state index in [-0.39, 0.29) is 17.8 Å². The highest BCUT2D eigenvalue weighted by atomic mass is 32.2. The van der Waals surface area contributed by atoms with Crippen LogP contribution >= 0.6 is 11.8 Å². The van der Waals surface area contributed by atoms with Crippen molar-refractivity contribution in [3.63, 3.8) is 0 Å². The lowest BCUT2D eigenvalue weighted by Gasteiger charge is -2.13. The lowest BCUT2D eigenvalue weighted by Crippen LogP contribution is -2.16. The maximum absolute atomic E-state index is 11.6. The van der Waals surface area contributed by atoms with E-state index in [1.54, 1.807) is 13.1 Å². The van der Waals surface area contributed by atoms with E-state index >= 15 is 0 Å². The van der Waals surface area contributed by atoms with Gasteiger partial charge in [-0.05, 0) is 19.4 Å². The molecule has 0 fully saturated rings. The predicted molar refractivity (Wildman–Crippen MR) is 85.8 cm³/mol. The molecule has 1 aromatic carbocycles. The number of ether oxygens (including phenoxy) is 1. The van der Waals surface area contributed by atoms with Gasteiger partial charge in [0.2, 0.25) is 0 Å². The van der Waals surface area contributed by atoms with Gasteiger partial charge in [-0.15, -0.1) is 0 Å². The smallest absolute Gasteiger partial charge is 0.318 e. The third-order valence-corrected chi connectivity index (χ3v) is 4.38. The van der Waals surface area contributed by atoms with E-state index in [2.05, 4.69) is 11.1 Å². The molecule has 0 radical (unpaired) electrons. The molecule has 2 rings (SSSR count). The predicted octanol–water partition coefficient (Wildman–Crippen LogP) is 2.39. The number of nitrogens with zero attached hydrogens (tertiary/aromatic N) is 2. The molecule has 0 saturated carbocycles. The van der Waals surface area contributed by atoms with E-state index in [1.165, 1.54) is 24.4 Å². The van der Waals surface area contributed by atoms with Crippen LogP contribution in [0.25, 0.3) is 0 Å². The number of methoxy groups -OCH3 is 1. The van der Waals surface area contributed by atoms with Crippen LogP contribution in [0.15, 0.2) is 35.6 Å². The molecule has 5 nitrogen and oxygen atoms in total. The number of carbonyl (C=O) groups excluding carboxylic acids is 1. The fraction of sp³-hybridized carbons (Fsp3) is 0.375. The zero-order chi connectivity index (χ0) is 16.1. The number of benzene rings is 1. The second-order valence-electron chi connectivity index (χ2n) is 5.05. The van der Waals surface area contributed by atoms with Gasteiger partial charge in [0.05, 0.1) is 25.6 Å². The zero-order valence-corrected chi connectivity index (χ0v) is 13.8. The van der Waals surface area contributed by atoms with Gasteiger partial charge in [-0.3, -0.25) is 4.79 Å². The average molecular weight is 320 g/mol. The van der Waals surface area contributed by atoms with E-state index in [4.69, 9.17) is 4.74 Å². The van der Waals surface area contributed by atoms with Crippen molar-refractivity contribution in [2.24, 2.45) is 0 Å². The minimum absolute atomic E-state index is 0.0913. The molecule has 118 valence electrons. The van der Waals surface area contributed by atoms with Crippen molar-refractivity contribution >= 4 is 17.7 Å². The van der Waals surface area contributed by atoms with Gasteiger partial charge in [-0.1, -0.05) is 41.6 Å². The van der Waals surface area contributed by atoms with Crippen molar-refractivity contribution in [2.75, 3.05) is 7.11 Å². The standard InChI is InChI=1S/C16H20N2O3S/c1-11-5-4-6-13(7-11)9-18-14(10-19)8-17-16(18)22-12(2)15(20)21-3/h4-8,12,19H,9-10H2,1-3H3. The van der Waals surface area contributed by atoms with Gasteiger partial charge in [0.15, 0.2) is 5.16 Å². The SMILES string of the molecule is COC(=O)C(C)Sc1ncc(CO)n1Cc1cccc(C)c1. The van der Waals surface area contributed by atoms with Crippen LogP contribution in [0.1, 0.15) is 23.7 Å². The van der Waals surface area contributed by atoms with Gasteiger partial charge in [0, 0.05) is 6.54 Å². The maximum Gasteiger partial charge on any atom is 0.318 e. The fourth-order valence-electron chi connectivity index (χ4n) is 2.15. The zero-order valence-electron chi connectivity index (χ0n) is 12.9. The first-order chi connectivity index (χ1) is 10.5. The lowest BCUT2D eigenvalue weighted by atomic mass is 10.1. The third-order valence-electron chi connectivity index (χ3n) is 3.30. The maximum atomic E-state index is 11.6. The topological polar surface area (TPSA) is 64.3 Å². The Labute approximate surface area is 134 Å². The molecule has 1 heterocycles. The molecule has 1 atom stereocenters. The molecule has 0 bridgehead atoms. The minimum Gasteiger partial charge on any atom is -0.468 e. The van der Waals surface area contributed by atoms with Gasteiger partial charge in [-0.2, -0.15) is 0 Å². The van der Waals surface area contributed by atoms with Crippen LogP contribution in [0, 0.1) is 6.92 Å². The number of esters is 1. The highest BCUT2D eigenvalue weighted by molar-refractivity contribution is 8.00. The summed E-state index contributed by atoms with van der Waals surface area (Å²) >= 11 is 1.33. The molecule has 6 heteroatoms. The number of thioether (sulfide) groups is 1. The van der Waals surface area contributed by atoms with Crippen LogP contribution in [0.5, 0.6) is 0 Å². The highest BCUT2D eigenvalue weighted by Gasteiger charge is 2.19. The molecular formula is C16H20N2O3S. The molecule has 0 amide bonds. The first-order valence-corrected chi connectivity index (χ1v) is 7.88. The van der Waals surface area contributed by atoms with Crippen LogP contribution < -0.4 is 0 Å². The molecule has 0 aliphatic rings. The largest absolute Gasteiger partial charge is 0.468 e. The molecule has 0 saturated heterocycles. The van der Waals surface area contributed by atoms with Crippen LogP contribution in [-0.4, -0.2) is 33.0 Å². The Kier molecular flexibility index (Phi) is 5.63. The number of imidazole rings is 1. The second kappa shape index (κ2) is 7.47. The molecule has 2 aromatic rings. The van der Waals surface area contributed by atoms with Crippen LogP contribution in [0.2, 0.25) is 0 Å². The van der Waals surface area contributed by atoms with E-state index < -0.39 is 0 Å². The van der Waals surface area contributed by atoms with Gasteiger partial charge in [0.1, 0.15) is 5.25 Å². The Bertz CT molecular complexity index is 655. The van der Waals surface area contributed by atoms with Crippen molar-refractivity contribution in [1.82, 2.24) is 9.55 Å². The number of hydrogen-bond acceptors (Lipinski definition) is 5. The normalized spacial score (nSPS) is 12.2. The number of rotatable bonds is 6. The molecule has 1 unspecified atom stereocenters. The highest BCUT2D eigenvalue weighted by Crippen LogP contribution is 2.25. The van der Waals surface area contributed by atoms with Crippen LogP contribution in [0.3, 0.4) is 0 Å². The van der Waals surface area contributed by atoms with Crippen molar-refractivity contribution in [3.8, 4) is 0 Å². The van der Waals surface area contributed by atoms with Crippen molar-refractivity contribution in [3.05, 3.63) is 47.3 Å². The summed E-state index contributed by atoms with van der Waals surface area (Å²) in [5.74, 6) is -0.291. The number of aromatic nitrogens is 2. The number of aliphatic hydroxyl groups is 1. The number of aryl methyl sites for hydroxylation is 1. The summed E-state index contributed by atoms with van der Waals surface area (Å²) in [6.07, 6.45) is 1.64. The summed E-state index contributed by atoms with van der Waals surface area (Å²) in [4.78, 5) is 15.9. The van der Waals surface area contributed by atoms with Gasteiger partial charge >= 0.3 is 5.97 Å². The van der Waals surface area contributed by atoms with Crippen molar-refractivity contribution < 1.29 is 14.6 Å². The molecule has 0 aliphatic carbocycles. The van der Waals surface area contributed by atoms with E-state index in [0.717, 1.165) is 11.3 Å². The number of aliphatic hydroxyl groups excluding tert-OH is 1. The van der Waals surface area contributed by atoms with Crippen LogP contribution in [-0.2, 0) is 22.7 Å². The Morgan fingerprint density at radius 2 is 2.27 bits per heavy atom. The molecule has 0 aliphatic heterocycles. The third kappa shape index (κ3) is 3.90. The Balaban J connectivity index is 2.25. The van der Waals surface area contributed by atoms with Gasteiger partial charge in [0.25, 0.3) is 0 Å². The fourth-order valence-corrected chi connectivity index (χ4v) is 3.08. The van der Waals surface area contributed by atoms with Crippen LogP contribution in [0.4, 0.5) is 0 Å². The summed E-state index contributed by atoms with van der Waals surface area (Å²) in [7, 11) is 1.37. The lowest BCUT2D eigenvalue weighted by molar-refractivity contribution is -0.139. The Morgan fingerprint density at radius 1 is 1.50 bits per heavy atom. The van der Waals surface area contributed by atoms with Gasteiger partial charge in [-0.25, -0.2) is 4.98 Å². The molecular weight excluding hydrogens is 300 g/mol. The molecule has 1 N–H and O–H groups in total. The Hall–Kier alpha value is -1.79. The minimum atomic E-state index is -0.352. The summed E-state index contributed by atoms with van der Waals surface area (Å²) < 4.78 is 6.67. The summed E-state index contributed by atoms with van der Waals surface area (Å²) in [5, 5.41) is 9.84. The monoisotopic (exact) mass is 320 g/mol.